The van der Waals surface area contributed by atoms with Gasteiger partial charge in [-0.05, 0) is 23.5 Å². The van der Waals surface area contributed by atoms with E-state index in [2.05, 4.69) is 57.3 Å². The van der Waals surface area contributed by atoms with Crippen LogP contribution in [0, 0.1) is 0 Å². The molecule has 120 valence electrons. The van der Waals surface area contributed by atoms with Crippen LogP contribution >= 0.6 is 0 Å². The van der Waals surface area contributed by atoms with Crippen molar-refractivity contribution in [3.05, 3.63) is 29.8 Å². The maximum absolute atomic E-state index is 3.63. The van der Waals surface area contributed by atoms with Crippen LogP contribution in [0.25, 0.3) is 0 Å². The van der Waals surface area contributed by atoms with Gasteiger partial charge in [0.05, 0.1) is 0 Å². The summed E-state index contributed by atoms with van der Waals surface area (Å²) in [6.07, 6.45) is 11.1. The van der Waals surface area contributed by atoms with Gasteiger partial charge in [0.2, 0.25) is 0 Å². The monoisotopic (exact) mass is 289 g/mol. The van der Waals surface area contributed by atoms with Crippen LogP contribution in [-0.2, 0) is 5.41 Å². The van der Waals surface area contributed by atoms with Crippen LogP contribution < -0.4 is 5.32 Å². The molecule has 1 rings (SSSR count). The van der Waals surface area contributed by atoms with Crippen molar-refractivity contribution >= 4 is 5.69 Å². The third-order valence-electron chi connectivity index (χ3n) is 4.08. The fourth-order valence-corrected chi connectivity index (χ4v) is 2.77. The number of hydrogen-bond donors (Lipinski definition) is 1. The van der Waals surface area contributed by atoms with Crippen LogP contribution in [0.15, 0.2) is 24.3 Å². The van der Waals surface area contributed by atoms with Crippen LogP contribution in [0.5, 0.6) is 0 Å². The van der Waals surface area contributed by atoms with Crippen molar-refractivity contribution in [2.75, 3.05) is 11.9 Å². The highest BCUT2D eigenvalue weighted by Gasteiger charge is 2.16. The van der Waals surface area contributed by atoms with E-state index in [4.69, 9.17) is 0 Å². The normalized spacial score (nSPS) is 11.6. The second-order valence-corrected chi connectivity index (χ2v) is 7.20. The maximum atomic E-state index is 3.63. The number of unbranched alkanes of at least 4 members (excludes halogenated alkanes) is 7. The molecule has 1 aromatic rings. The van der Waals surface area contributed by atoms with Gasteiger partial charge in [-0.1, -0.05) is 90.8 Å². The quantitative estimate of drug-likeness (QED) is 0.482. The first-order chi connectivity index (χ1) is 10.1. The Hall–Kier alpha value is -0.980. The molecule has 0 saturated heterocycles. The zero-order valence-corrected chi connectivity index (χ0v) is 14.7. The molecule has 0 aromatic heterocycles. The molecule has 1 nitrogen and oxygen atoms in total. The molecule has 0 saturated carbocycles. The third-order valence-corrected chi connectivity index (χ3v) is 4.08. The summed E-state index contributed by atoms with van der Waals surface area (Å²) in [6, 6.07) is 8.73. The summed E-state index contributed by atoms with van der Waals surface area (Å²) in [4.78, 5) is 0. The van der Waals surface area contributed by atoms with Gasteiger partial charge in [0, 0.05) is 12.2 Å². The molecule has 0 aliphatic heterocycles. The molecule has 1 heteroatoms. The molecule has 0 radical (unpaired) electrons. The molecule has 0 heterocycles. The topological polar surface area (TPSA) is 12.0 Å². The maximum Gasteiger partial charge on any atom is 0.0378 e. The number of rotatable bonds is 10. The van der Waals surface area contributed by atoms with Gasteiger partial charge in [0.1, 0.15) is 0 Å². The molecular formula is C20H35N. The van der Waals surface area contributed by atoms with E-state index in [0.29, 0.717) is 0 Å². The molecular weight excluding hydrogens is 254 g/mol. The predicted octanol–water partition coefficient (Wildman–Crippen LogP) is 6.54. The SMILES string of the molecule is CCCCCCCCCCNc1ccccc1C(C)(C)C. The molecule has 0 amide bonds. The van der Waals surface area contributed by atoms with E-state index in [-0.39, 0.29) is 5.41 Å². The molecule has 1 N–H and O–H groups in total. The van der Waals surface area contributed by atoms with Crippen molar-refractivity contribution in [3.8, 4) is 0 Å². The zero-order valence-electron chi connectivity index (χ0n) is 14.7. The van der Waals surface area contributed by atoms with Crippen molar-refractivity contribution in [2.24, 2.45) is 0 Å². The minimum absolute atomic E-state index is 0.211. The largest absolute Gasteiger partial charge is 0.385 e. The molecule has 0 spiro atoms. The van der Waals surface area contributed by atoms with E-state index in [9.17, 15) is 0 Å². The molecule has 0 unspecified atom stereocenters. The minimum atomic E-state index is 0.211. The Morgan fingerprint density at radius 2 is 1.38 bits per heavy atom. The van der Waals surface area contributed by atoms with Crippen molar-refractivity contribution in [2.45, 2.75) is 84.5 Å². The number of anilines is 1. The van der Waals surface area contributed by atoms with E-state index in [0.717, 1.165) is 6.54 Å². The summed E-state index contributed by atoms with van der Waals surface area (Å²) in [5.41, 5.74) is 2.94. The molecule has 0 atom stereocenters. The van der Waals surface area contributed by atoms with Gasteiger partial charge in [-0.2, -0.15) is 0 Å². The second kappa shape index (κ2) is 9.87. The van der Waals surface area contributed by atoms with Crippen molar-refractivity contribution in [3.63, 3.8) is 0 Å². The lowest BCUT2D eigenvalue weighted by Crippen LogP contribution is -2.15. The number of benzene rings is 1. The Bertz CT molecular complexity index is 376. The van der Waals surface area contributed by atoms with Crippen LogP contribution in [0.2, 0.25) is 0 Å². The zero-order chi connectivity index (χ0) is 15.6. The number of para-hydroxylation sites is 1. The van der Waals surface area contributed by atoms with E-state index in [1.54, 1.807) is 0 Å². The first-order valence-electron chi connectivity index (χ1n) is 8.89. The summed E-state index contributed by atoms with van der Waals surface area (Å²) in [5.74, 6) is 0. The van der Waals surface area contributed by atoms with Crippen molar-refractivity contribution in [1.82, 2.24) is 0 Å². The van der Waals surface area contributed by atoms with E-state index in [1.807, 2.05) is 0 Å². The average Bonchev–Trinajstić information content (AvgIpc) is 2.45. The fourth-order valence-electron chi connectivity index (χ4n) is 2.77. The molecule has 1 aromatic carbocycles. The van der Waals surface area contributed by atoms with Crippen LogP contribution in [-0.4, -0.2) is 6.54 Å². The molecule has 21 heavy (non-hydrogen) atoms. The van der Waals surface area contributed by atoms with Gasteiger partial charge in [-0.25, -0.2) is 0 Å². The number of nitrogens with one attached hydrogen (secondary N) is 1. The van der Waals surface area contributed by atoms with Gasteiger partial charge in [-0.15, -0.1) is 0 Å². The van der Waals surface area contributed by atoms with Crippen molar-refractivity contribution < 1.29 is 0 Å². The van der Waals surface area contributed by atoms with Crippen LogP contribution in [0.4, 0.5) is 5.69 Å². The van der Waals surface area contributed by atoms with E-state index >= 15 is 0 Å². The van der Waals surface area contributed by atoms with Gasteiger partial charge < -0.3 is 5.32 Å². The highest BCUT2D eigenvalue weighted by molar-refractivity contribution is 5.54. The fraction of sp³-hybridized carbons (Fsp3) is 0.700. The van der Waals surface area contributed by atoms with Gasteiger partial charge in [-0.3, -0.25) is 0 Å². The molecule has 0 bridgehead atoms. The first kappa shape index (κ1) is 18.1. The van der Waals surface area contributed by atoms with Crippen LogP contribution in [0.3, 0.4) is 0 Å². The lowest BCUT2D eigenvalue weighted by atomic mass is 9.86. The lowest BCUT2D eigenvalue weighted by molar-refractivity contribution is 0.579. The number of hydrogen-bond acceptors (Lipinski definition) is 1. The lowest BCUT2D eigenvalue weighted by Gasteiger charge is -2.23. The Kier molecular flexibility index (Phi) is 8.49. The Morgan fingerprint density at radius 3 is 2.00 bits per heavy atom. The third kappa shape index (κ3) is 7.55. The van der Waals surface area contributed by atoms with Gasteiger partial charge in [0.25, 0.3) is 0 Å². The summed E-state index contributed by atoms with van der Waals surface area (Å²) < 4.78 is 0. The second-order valence-electron chi connectivity index (χ2n) is 7.20. The molecule has 0 fully saturated rings. The molecule has 0 aliphatic rings. The van der Waals surface area contributed by atoms with Gasteiger partial charge >= 0.3 is 0 Å². The Balaban J connectivity index is 2.19. The standard InChI is InChI=1S/C20H35N/c1-5-6-7-8-9-10-11-14-17-21-19-16-13-12-15-18(19)20(2,3)4/h12-13,15-16,21H,5-11,14,17H2,1-4H3. The summed E-state index contributed by atoms with van der Waals surface area (Å²) >= 11 is 0. The summed E-state index contributed by atoms with van der Waals surface area (Å²) in [7, 11) is 0. The predicted molar refractivity (Wildman–Crippen MR) is 96.2 cm³/mol. The highest BCUT2D eigenvalue weighted by atomic mass is 14.9. The van der Waals surface area contributed by atoms with E-state index in [1.165, 1.54) is 62.6 Å². The van der Waals surface area contributed by atoms with Crippen LogP contribution in [0.1, 0.15) is 84.6 Å². The van der Waals surface area contributed by atoms with Crippen molar-refractivity contribution in [1.29, 1.82) is 0 Å². The minimum Gasteiger partial charge on any atom is -0.385 e. The Morgan fingerprint density at radius 1 is 0.810 bits per heavy atom. The highest BCUT2D eigenvalue weighted by Crippen LogP contribution is 2.29. The molecule has 0 aliphatic carbocycles. The first-order valence-corrected chi connectivity index (χ1v) is 8.89. The van der Waals surface area contributed by atoms with E-state index < -0.39 is 0 Å². The summed E-state index contributed by atoms with van der Waals surface area (Å²) in [6.45, 7) is 10.2. The average molecular weight is 290 g/mol. The smallest absolute Gasteiger partial charge is 0.0378 e. The van der Waals surface area contributed by atoms with Gasteiger partial charge in [0.15, 0.2) is 0 Å². The summed E-state index contributed by atoms with van der Waals surface area (Å²) in [5, 5.41) is 3.63. The Labute approximate surface area is 132 Å².